The molecule has 0 aliphatic heterocycles. The smallest absolute Gasteiger partial charge is 0.137 e. The van der Waals surface area contributed by atoms with E-state index in [1.165, 1.54) is 6.33 Å². The molecule has 2 heterocycles. The van der Waals surface area contributed by atoms with Crippen molar-refractivity contribution in [2.24, 2.45) is 0 Å². The van der Waals surface area contributed by atoms with Crippen LogP contribution in [0.2, 0.25) is 0 Å². The van der Waals surface area contributed by atoms with Crippen LogP contribution in [0.3, 0.4) is 0 Å². The average Bonchev–Trinajstić information content (AvgIpc) is 2.81. The molecule has 0 fully saturated rings. The van der Waals surface area contributed by atoms with Crippen LogP contribution in [0, 0.1) is 6.92 Å². The van der Waals surface area contributed by atoms with Crippen molar-refractivity contribution in [2.75, 3.05) is 11.9 Å². The Bertz CT molecular complexity index is 465. The van der Waals surface area contributed by atoms with Crippen LogP contribution in [0.1, 0.15) is 24.3 Å². The van der Waals surface area contributed by atoms with Gasteiger partial charge < -0.3 is 5.32 Å². The molecule has 6 heteroatoms. The number of anilines is 1. The highest BCUT2D eigenvalue weighted by molar-refractivity contribution is 5.36. The Balaban J connectivity index is 1.92. The van der Waals surface area contributed by atoms with E-state index >= 15 is 0 Å². The van der Waals surface area contributed by atoms with Gasteiger partial charge in [0.25, 0.3) is 0 Å². The molecular formula is C11H16N6. The van der Waals surface area contributed by atoms with Gasteiger partial charge in [0.05, 0.1) is 0 Å². The van der Waals surface area contributed by atoms with E-state index in [2.05, 4.69) is 37.4 Å². The quantitative estimate of drug-likeness (QED) is 0.807. The van der Waals surface area contributed by atoms with Crippen LogP contribution in [0.5, 0.6) is 0 Å². The van der Waals surface area contributed by atoms with Gasteiger partial charge in [-0.2, -0.15) is 5.10 Å². The van der Waals surface area contributed by atoms with E-state index < -0.39 is 0 Å². The molecule has 2 aromatic heterocycles. The van der Waals surface area contributed by atoms with Crippen LogP contribution in [-0.4, -0.2) is 31.7 Å². The van der Waals surface area contributed by atoms with Gasteiger partial charge in [0.2, 0.25) is 0 Å². The molecule has 0 saturated heterocycles. The zero-order valence-electron chi connectivity index (χ0n) is 10.1. The summed E-state index contributed by atoms with van der Waals surface area (Å²) in [6.45, 7) is 4.76. The highest BCUT2D eigenvalue weighted by atomic mass is 15.2. The fraction of sp³-hybridized carbons (Fsp3) is 0.455. The van der Waals surface area contributed by atoms with Gasteiger partial charge in [-0.05, 0) is 13.3 Å². The maximum absolute atomic E-state index is 4.33. The van der Waals surface area contributed by atoms with Crippen LogP contribution >= 0.6 is 0 Å². The molecular weight excluding hydrogens is 216 g/mol. The Labute approximate surface area is 99.9 Å². The van der Waals surface area contributed by atoms with Crippen molar-refractivity contribution in [3.8, 4) is 0 Å². The Hall–Kier alpha value is -1.98. The van der Waals surface area contributed by atoms with Crippen LogP contribution in [-0.2, 0) is 12.8 Å². The summed E-state index contributed by atoms with van der Waals surface area (Å²) in [5, 5.41) is 9.88. The van der Waals surface area contributed by atoms with E-state index in [0.29, 0.717) is 0 Å². The predicted octanol–water partition coefficient (Wildman–Crippen LogP) is 1.12. The van der Waals surface area contributed by atoms with Gasteiger partial charge in [-0.3, -0.25) is 5.10 Å². The second-order valence-corrected chi connectivity index (χ2v) is 3.75. The van der Waals surface area contributed by atoms with E-state index in [0.717, 1.165) is 42.5 Å². The van der Waals surface area contributed by atoms with Gasteiger partial charge in [-0.1, -0.05) is 6.92 Å². The molecule has 0 unspecified atom stereocenters. The number of hydrogen-bond acceptors (Lipinski definition) is 5. The lowest BCUT2D eigenvalue weighted by Gasteiger charge is -2.06. The summed E-state index contributed by atoms with van der Waals surface area (Å²) < 4.78 is 0. The Kier molecular flexibility index (Phi) is 3.64. The summed E-state index contributed by atoms with van der Waals surface area (Å²) in [4.78, 5) is 12.7. The largest absolute Gasteiger partial charge is 0.370 e. The van der Waals surface area contributed by atoms with E-state index in [1.807, 2.05) is 13.0 Å². The van der Waals surface area contributed by atoms with Crippen molar-refractivity contribution in [3.63, 3.8) is 0 Å². The van der Waals surface area contributed by atoms with Crippen LogP contribution < -0.4 is 5.32 Å². The lowest BCUT2D eigenvalue weighted by atomic mass is 10.3. The van der Waals surface area contributed by atoms with Crippen molar-refractivity contribution in [2.45, 2.75) is 26.7 Å². The number of nitrogens with one attached hydrogen (secondary N) is 2. The molecule has 2 rings (SSSR count). The summed E-state index contributed by atoms with van der Waals surface area (Å²) in [7, 11) is 0. The predicted molar refractivity (Wildman–Crippen MR) is 64.7 cm³/mol. The molecule has 0 amide bonds. The minimum atomic E-state index is 0.773. The van der Waals surface area contributed by atoms with Crippen LogP contribution in [0.15, 0.2) is 12.4 Å². The number of H-pyrrole nitrogens is 1. The Morgan fingerprint density at radius 3 is 2.94 bits per heavy atom. The van der Waals surface area contributed by atoms with Crippen molar-refractivity contribution in [1.29, 1.82) is 0 Å². The first-order chi connectivity index (χ1) is 8.28. The first kappa shape index (κ1) is 11.5. The van der Waals surface area contributed by atoms with E-state index in [-0.39, 0.29) is 0 Å². The second kappa shape index (κ2) is 5.38. The third-order valence-corrected chi connectivity index (χ3v) is 2.39. The molecule has 0 aromatic carbocycles. The first-order valence-electron chi connectivity index (χ1n) is 5.70. The number of aryl methyl sites for hydroxylation is 2. The SMILES string of the molecule is CCc1cc(NCCc2ncn[nH]2)nc(C)n1. The minimum absolute atomic E-state index is 0.773. The summed E-state index contributed by atoms with van der Waals surface area (Å²) in [6.07, 6.45) is 3.23. The molecule has 17 heavy (non-hydrogen) atoms. The normalized spacial score (nSPS) is 10.5. The lowest BCUT2D eigenvalue weighted by molar-refractivity contribution is 0.886. The second-order valence-electron chi connectivity index (χ2n) is 3.75. The first-order valence-corrected chi connectivity index (χ1v) is 5.70. The number of nitrogens with zero attached hydrogens (tertiary/aromatic N) is 4. The van der Waals surface area contributed by atoms with Gasteiger partial charge in [0.15, 0.2) is 0 Å². The zero-order chi connectivity index (χ0) is 12.1. The van der Waals surface area contributed by atoms with Gasteiger partial charge in [0.1, 0.15) is 23.8 Å². The third-order valence-electron chi connectivity index (χ3n) is 2.39. The number of aromatic nitrogens is 5. The summed E-state index contributed by atoms with van der Waals surface area (Å²) in [6, 6.07) is 1.98. The fourth-order valence-corrected chi connectivity index (χ4v) is 1.56. The molecule has 2 aromatic rings. The van der Waals surface area contributed by atoms with Crippen molar-refractivity contribution < 1.29 is 0 Å². The number of rotatable bonds is 5. The van der Waals surface area contributed by atoms with E-state index in [1.54, 1.807) is 0 Å². The monoisotopic (exact) mass is 232 g/mol. The topological polar surface area (TPSA) is 79.4 Å². The minimum Gasteiger partial charge on any atom is -0.370 e. The van der Waals surface area contributed by atoms with Crippen molar-refractivity contribution in [1.82, 2.24) is 25.1 Å². The van der Waals surface area contributed by atoms with Crippen molar-refractivity contribution >= 4 is 5.82 Å². The molecule has 0 aliphatic rings. The Morgan fingerprint density at radius 2 is 2.24 bits per heavy atom. The van der Waals surface area contributed by atoms with Crippen molar-refractivity contribution in [3.05, 3.63) is 29.7 Å². The van der Waals surface area contributed by atoms with Gasteiger partial charge >= 0.3 is 0 Å². The van der Waals surface area contributed by atoms with Gasteiger partial charge in [0, 0.05) is 24.7 Å². The number of aromatic amines is 1. The summed E-state index contributed by atoms with van der Waals surface area (Å²) in [5.41, 5.74) is 1.06. The summed E-state index contributed by atoms with van der Waals surface area (Å²) >= 11 is 0. The maximum Gasteiger partial charge on any atom is 0.137 e. The molecule has 0 spiro atoms. The third kappa shape index (κ3) is 3.24. The average molecular weight is 232 g/mol. The highest BCUT2D eigenvalue weighted by Crippen LogP contribution is 2.07. The molecule has 0 saturated carbocycles. The lowest BCUT2D eigenvalue weighted by Crippen LogP contribution is -2.09. The standard InChI is InChI=1S/C11H16N6/c1-3-9-6-11(16-8(2)15-9)12-5-4-10-13-7-14-17-10/h6-7H,3-5H2,1-2H3,(H,12,15,16)(H,13,14,17). The molecule has 0 bridgehead atoms. The van der Waals surface area contributed by atoms with E-state index in [9.17, 15) is 0 Å². The maximum atomic E-state index is 4.33. The molecule has 0 atom stereocenters. The van der Waals surface area contributed by atoms with Gasteiger partial charge in [-0.25, -0.2) is 15.0 Å². The van der Waals surface area contributed by atoms with Gasteiger partial charge in [-0.15, -0.1) is 0 Å². The van der Waals surface area contributed by atoms with Crippen LogP contribution in [0.4, 0.5) is 5.82 Å². The highest BCUT2D eigenvalue weighted by Gasteiger charge is 2.01. The Morgan fingerprint density at radius 1 is 1.35 bits per heavy atom. The molecule has 0 aliphatic carbocycles. The molecule has 6 nitrogen and oxygen atoms in total. The van der Waals surface area contributed by atoms with Crippen LogP contribution in [0.25, 0.3) is 0 Å². The van der Waals surface area contributed by atoms with E-state index in [4.69, 9.17) is 0 Å². The fourth-order valence-electron chi connectivity index (χ4n) is 1.56. The molecule has 90 valence electrons. The zero-order valence-corrected chi connectivity index (χ0v) is 10.1. The molecule has 2 N–H and O–H groups in total. The molecule has 0 radical (unpaired) electrons. The summed E-state index contributed by atoms with van der Waals surface area (Å²) in [5.74, 6) is 2.54. The number of hydrogen-bond donors (Lipinski definition) is 2.